The van der Waals surface area contributed by atoms with Crippen LogP contribution in [0.1, 0.15) is 0 Å². The number of hydrogen-bond donors (Lipinski definition) is 1. The zero-order valence-electron chi connectivity index (χ0n) is 13.5. The van der Waals surface area contributed by atoms with Crippen molar-refractivity contribution in [1.82, 2.24) is 4.90 Å². The molecule has 0 atom stereocenters. The summed E-state index contributed by atoms with van der Waals surface area (Å²) < 4.78 is 13.0. The number of carbonyl (C=O) groups is 1. The van der Waals surface area contributed by atoms with Crippen molar-refractivity contribution in [2.75, 3.05) is 42.9 Å². The monoisotopic (exact) mass is 381 g/mol. The Morgan fingerprint density at radius 3 is 2.20 bits per heavy atom. The molecule has 0 radical (unpaired) electrons. The van der Waals surface area contributed by atoms with E-state index >= 15 is 0 Å². The number of rotatable bonds is 4. The number of nitrogens with one attached hydrogen (secondary N) is 1. The lowest BCUT2D eigenvalue weighted by Gasteiger charge is -2.36. The molecule has 1 amide bonds. The third kappa shape index (κ3) is 4.77. The molecular weight excluding hydrogens is 364 g/mol. The number of benzene rings is 2. The van der Waals surface area contributed by atoms with E-state index in [-0.39, 0.29) is 18.3 Å². The van der Waals surface area contributed by atoms with Crippen molar-refractivity contribution in [1.29, 1.82) is 0 Å². The first-order valence-electron chi connectivity index (χ1n) is 7.99. The minimum Gasteiger partial charge on any atom is -0.376 e. The predicted octanol–water partition coefficient (Wildman–Crippen LogP) is 3.89. The SMILES string of the molecule is O=C(CNc1cc(Cl)cc(Cl)c1)N1CCN(c2ccc(F)cc2)CC1. The highest BCUT2D eigenvalue weighted by molar-refractivity contribution is 6.35. The molecule has 1 fully saturated rings. The second kappa shape index (κ2) is 7.93. The molecule has 0 aliphatic carbocycles. The summed E-state index contributed by atoms with van der Waals surface area (Å²) in [5.74, 6) is -0.223. The van der Waals surface area contributed by atoms with Gasteiger partial charge < -0.3 is 15.1 Å². The maximum atomic E-state index is 13.0. The Morgan fingerprint density at radius 2 is 1.60 bits per heavy atom. The fraction of sp³-hybridized carbons (Fsp3) is 0.278. The van der Waals surface area contributed by atoms with Crippen molar-refractivity contribution in [3.63, 3.8) is 0 Å². The Balaban J connectivity index is 1.50. The van der Waals surface area contributed by atoms with E-state index in [2.05, 4.69) is 10.2 Å². The second-order valence-corrected chi connectivity index (χ2v) is 6.73. The van der Waals surface area contributed by atoms with Crippen molar-refractivity contribution in [3.05, 3.63) is 58.3 Å². The van der Waals surface area contributed by atoms with Gasteiger partial charge in [-0.25, -0.2) is 4.39 Å². The summed E-state index contributed by atoms with van der Waals surface area (Å²) in [6.45, 7) is 2.90. The van der Waals surface area contributed by atoms with Crippen molar-refractivity contribution < 1.29 is 9.18 Å². The van der Waals surface area contributed by atoms with Gasteiger partial charge in [-0.2, -0.15) is 0 Å². The molecular formula is C18H18Cl2FN3O. The zero-order chi connectivity index (χ0) is 17.8. The van der Waals surface area contributed by atoms with Crippen LogP contribution in [0.15, 0.2) is 42.5 Å². The van der Waals surface area contributed by atoms with E-state index in [0.29, 0.717) is 23.1 Å². The summed E-state index contributed by atoms with van der Waals surface area (Å²) in [4.78, 5) is 16.3. The van der Waals surface area contributed by atoms with Gasteiger partial charge in [-0.1, -0.05) is 23.2 Å². The average molecular weight is 382 g/mol. The summed E-state index contributed by atoms with van der Waals surface area (Å²) >= 11 is 11.9. The van der Waals surface area contributed by atoms with Crippen molar-refractivity contribution in [2.24, 2.45) is 0 Å². The number of amides is 1. The molecule has 1 N–H and O–H groups in total. The molecule has 1 aliphatic rings. The molecule has 0 unspecified atom stereocenters. The van der Waals surface area contributed by atoms with E-state index in [0.717, 1.165) is 24.5 Å². The van der Waals surface area contributed by atoms with E-state index in [1.807, 2.05) is 4.90 Å². The molecule has 132 valence electrons. The van der Waals surface area contributed by atoms with Crippen LogP contribution in [0.3, 0.4) is 0 Å². The zero-order valence-corrected chi connectivity index (χ0v) is 15.0. The van der Waals surface area contributed by atoms with Crippen LogP contribution < -0.4 is 10.2 Å². The third-order valence-electron chi connectivity index (χ3n) is 4.13. The van der Waals surface area contributed by atoms with Crippen molar-refractivity contribution in [3.8, 4) is 0 Å². The van der Waals surface area contributed by atoms with Gasteiger partial charge in [0.15, 0.2) is 0 Å². The molecule has 0 saturated carbocycles. The van der Waals surface area contributed by atoms with Crippen LogP contribution in [-0.4, -0.2) is 43.5 Å². The molecule has 2 aromatic carbocycles. The molecule has 0 aromatic heterocycles. The number of halogens is 3. The van der Waals surface area contributed by atoms with Gasteiger partial charge in [-0.15, -0.1) is 0 Å². The minimum atomic E-state index is -0.246. The fourth-order valence-electron chi connectivity index (χ4n) is 2.81. The van der Waals surface area contributed by atoms with Gasteiger partial charge in [0, 0.05) is 47.6 Å². The van der Waals surface area contributed by atoms with Gasteiger partial charge >= 0.3 is 0 Å². The molecule has 2 aromatic rings. The second-order valence-electron chi connectivity index (χ2n) is 5.86. The van der Waals surface area contributed by atoms with Crippen LogP contribution in [0.5, 0.6) is 0 Å². The lowest BCUT2D eigenvalue weighted by atomic mass is 10.2. The Labute approximate surface area is 156 Å². The summed E-state index contributed by atoms with van der Waals surface area (Å²) in [7, 11) is 0. The lowest BCUT2D eigenvalue weighted by Crippen LogP contribution is -2.50. The van der Waals surface area contributed by atoms with Crippen LogP contribution in [0.2, 0.25) is 10.0 Å². The summed E-state index contributed by atoms with van der Waals surface area (Å²) in [6, 6.07) is 11.5. The van der Waals surface area contributed by atoms with Gasteiger partial charge in [0.25, 0.3) is 0 Å². The Hall–Kier alpha value is -1.98. The maximum Gasteiger partial charge on any atom is 0.241 e. The Bertz CT molecular complexity index is 726. The van der Waals surface area contributed by atoms with Gasteiger partial charge in [-0.05, 0) is 42.5 Å². The molecule has 1 saturated heterocycles. The Morgan fingerprint density at radius 1 is 1.00 bits per heavy atom. The lowest BCUT2D eigenvalue weighted by molar-refractivity contribution is -0.129. The van der Waals surface area contributed by atoms with Gasteiger partial charge in [0.1, 0.15) is 5.82 Å². The highest BCUT2D eigenvalue weighted by Crippen LogP contribution is 2.22. The number of carbonyl (C=O) groups excluding carboxylic acids is 1. The molecule has 1 aliphatic heterocycles. The molecule has 4 nitrogen and oxygen atoms in total. The predicted molar refractivity (Wildman–Crippen MR) is 100 cm³/mol. The van der Waals surface area contributed by atoms with E-state index in [9.17, 15) is 9.18 Å². The van der Waals surface area contributed by atoms with E-state index in [1.165, 1.54) is 12.1 Å². The summed E-state index contributed by atoms with van der Waals surface area (Å²) in [5.41, 5.74) is 1.69. The van der Waals surface area contributed by atoms with Crippen LogP contribution in [0.25, 0.3) is 0 Å². The van der Waals surface area contributed by atoms with E-state index in [1.54, 1.807) is 30.3 Å². The molecule has 0 bridgehead atoms. The first kappa shape index (κ1) is 17.8. The number of nitrogens with zero attached hydrogens (tertiary/aromatic N) is 2. The summed E-state index contributed by atoms with van der Waals surface area (Å²) in [6.07, 6.45) is 0. The van der Waals surface area contributed by atoms with Crippen LogP contribution in [0.4, 0.5) is 15.8 Å². The smallest absolute Gasteiger partial charge is 0.241 e. The van der Waals surface area contributed by atoms with Crippen molar-refractivity contribution in [2.45, 2.75) is 0 Å². The largest absolute Gasteiger partial charge is 0.376 e. The van der Waals surface area contributed by atoms with E-state index in [4.69, 9.17) is 23.2 Å². The minimum absolute atomic E-state index is 0.0230. The maximum absolute atomic E-state index is 13.0. The van der Waals surface area contributed by atoms with E-state index < -0.39 is 0 Å². The van der Waals surface area contributed by atoms with Crippen LogP contribution in [0, 0.1) is 5.82 Å². The normalized spacial score (nSPS) is 14.5. The first-order chi connectivity index (χ1) is 12.0. The number of hydrogen-bond acceptors (Lipinski definition) is 3. The molecule has 0 spiro atoms. The van der Waals surface area contributed by atoms with Gasteiger partial charge in [-0.3, -0.25) is 4.79 Å². The standard InChI is InChI=1S/C18H18Cl2FN3O/c19-13-9-14(20)11-16(10-13)22-12-18(25)24-7-5-23(6-8-24)17-3-1-15(21)2-4-17/h1-4,9-11,22H,5-8,12H2. The van der Waals surface area contributed by atoms with Crippen LogP contribution >= 0.6 is 23.2 Å². The quantitative estimate of drug-likeness (QED) is 0.872. The first-order valence-corrected chi connectivity index (χ1v) is 8.75. The third-order valence-corrected chi connectivity index (χ3v) is 4.57. The molecule has 25 heavy (non-hydrogen) atoms. The number of anilines is 2. The molecule has 7 heteroatoms. The highest BCUT2D eigenvalue weighted by Gasteiger charge is 2.21. The highest BCUT2D eigenvalue weighted by atomic mass is 35.5. The number of piperazine rings is 1. The average Bonchev–Trinajstić information content (AvgIpc) is 2.60. The molecule has 1 heterocycles. The van der Waals surface area contributed by atoms with Crippen molar-refractivity contribution >= 4 is 40.5 Å². The Kier molecular flexibility index (Phi) is 5.66. The van der Waals surface area contributed by atoms with Gasteiger partial charge in [0.2, 0.25) is 5.91 Å². The fourth-order valence-corrected chi connectivity index (χ4v) is 3.34. The van der Waals surface area contributed by atoms with Gasteiger partial charge in [0.05, 0.1) is 6.54 Å². The van der Waals surface area contributed by atoms with Crippen LogP contribution in [-0.2, 0) is 4.79 Å². The summed E-state index contributed by atoms with van der Waals surface area (Å²) in [5, 5.41) is 4.10. The topological polar surface area (TPSA) is 35.6 Å². The molecule has 3 rings (SSSR count).